The normalized spacial score (nSPS) is 24.9. The monoisotopic (exact) mass is 324 g/mol. The molecule has 1 saturated carbocycles. The number of carbonyl (C=O) groups excluding carboxylic acids is 1. The van der Waals surface area contributed by atoms with Crippen LogP contribution in [0.2, 0.25) is 0 Å². The zero-order valence-corrected chi connectivity index (χ0v) is 14.6. The van der Waals surface area contributed by atoms with Crippen molar-refractivity contribution in [2.75, 3.05) is 6.54 Å². The summed E-state index contributed by atoms with van der Waals surface area (Å²) in [6.07, 6.45) is 0.495. The van der Waals surface area contributed by atoms with Crippen molar-refractivity contribution in [2.24, 2.45) is 5.92 Å². The lowest BCUT2D eigenvalue weighted by Gasteiger charge is -2.21. The van der Waals surface area contributed by atoms with Gasteiger partial charge in [0, 0.05) is 24.3 Å². The van der Waals surface area contributed by atoms with Gasteiger partial charge in [-0.2, -0.15) is 5.10 Å². The zero-order chi connectivity index (χ0) is 17.2. The van der Waals surface area contributed by atoms with Crippen LogP contribution in [0.25, 0.3) is 0 Å². The highest BCUT2D eigenvalue weighted by Gasteiger charge is 2.36. The lowest BCUT2D eigenvalue weighted by Crippen LogP contribution is -2.36. The fraction of sp³-hybridized carbons (Fsp3) is 0.812. The van der Waals surface area contributed by atoms with E-state index < -0.39 is 17.8 Å². The fourth-order valence-electron chi connectivity index (χ4n) is 2.80. The highest BCUT2D eigenvalue weighted by molar-refractivity contribution is 5.67. The summed E-state index contributed by atoms with van der Waals surface area (Å²) in [5.74, 6) is 2.05. The molecule has 1 aliphatic carbocycles. The van der Waals surface area contributed by atoms with E-state index in [1.807, 2.05) is 34.6 Å². The number of alkyl carbamates (subject to hydrolysis) is 1. The minimum Gasteiger partial charge on any atom is -0.444 e. The fourth-order valence-corrected chi connectivity index (χ4v) is 2.80. The van der Waals surface area contributed by atoms with Crippen molar-refractivity contribution in [3.05, 3.63) is 11.6 Å². The third kappa shape index (κ3) is 4.92. The molecule has 1 heterocycles. The summed E-state index contributed by atoms with van der Waals surface area (Å²) in [5, 5.41) is 20.2. The van der Waals surface area contributed by atoms with E-state index in [1.54, 1.807) is 0 Å². The summed E-state index contributed by atoms with van der Waals surface area (Å²) in [5.41, 5.74) is -0.520. The van der Waals surface area contributed by atoms with Gasteiger partial charge >= 0.3 is 6.09 Å². The molecule has 1 aliphatic rings. The first-order chi connectivity index (χ1) is 10.7. The van der Waals surface area contributed by atoms with E-state index >= 15 is 0 Å². The van der Waals surface area contributed by atoms with Crippen LogP contribution in [0.5, 0.6) is 0 Å². The third-order valence-electron chi connectivity index (χ3n) is 3.99. The van der Waals surface area contributed by atoms with Gasteiger partial charge in [-0.25, -0.2) is 9.78 Å². The van der Waals surface area contributed by atoms with E-state index in [0.717, 1.165) is 18.1 Å². The van der Waals surface area contributed by atoms with Crippen LogP contribution >= 0.6 is 0 Å². The number of H-pyrrole nitrogens is 1. The molecule has 130 valence electrons. The molecule has 2 rings (SSSR count). The van der Waals surface area contributed by atoms with Crippen LogP contribution in [-0.4, -0.2) is 44.6 Å². The summed E-state index contributed by atoms with van der Waals surface area (Å²) in [6, 6.07) is 0. The van der Waals surface area contributed by atoms with E-state index in [9.17, 15) is 9.90 Å². The lowest BCUT2D eigenvalue weighted by molar-refractivity contribution is 0.0500. The number of aromatic nitrogens is 3. The number of aliphatic hydroxyl groups excluding tert-OH is 1. The maximum absolute atomic E-state index is 11.7. The van der Waals surface area contributed by atoms with Gasteiger partial charge < -0.3 is 15.2 Å². The Bertz CT molecular complexity index is 536. The Balaban J connectivity index is 1.87. The topological polar surface area (TPSA) is 100 Å². The molecule has 7 heteroatoms. The molecule has 0 radical (unpaired) electrons. The number of rotatable bonds is 4. The average molecular weight is 324 g/mol. The molecule has 0 unspecified atom stereocenters. The minimum atomic E-state index is -0.520. The maximum atomic E-state index is 11.7. The predicted octanol–water partition coefficient (Wildman–Crippen LogP) is 2.31. The number of carbonyl (C=O) groups is 1. The van der Waals surface area contributed by atoms with Gasteiger partial charge in [0.2, 0.25) is 0 Å². The maximum Gasteiger partial charge on any atom is 0.407 e. The number of hydrogen-bond donors (Lipinski definition) is 3. The second-order valence-electron chi connectivity index (χ2n) is 7.61. The summed E-state index contributed by atoms with van der Waals surface area (Å²) in [4.78, 5) is 16.2. The smallest absolute Gasteiger partial charge is 0.407 e. The molecular weight excluding hydrogens is 296 g/mol. The highest BCUT2D eigenvalue weighted by atomic mass is 16.6. The van der Waals surface area contributed by atoms with Gasteiger partial charge in [-0.15, -0.1) is 0 Å². The summed E-state index contributed by atoms with van der Waals surface area (Å²) < 4.78 is 5.21. The number of aromatic amines is 1. The Kier molecular flexibility index (Phi) is 5.29. The minimum absolute atomic E-state index is 0.000110. The SMILES string of the molecule is CC(C)c1n[nH]c([C@H]2C[C@H](CNC(=O)OC(C)(C)C)[C@H](O)C2)n1. The standard InChI is InChI=1S/C16H28N4O3/c1-9(2)13-18-14(20-19-13)10-6-11(12(21)7-10)8-17-15(22)23-16(3,4)5/h9-12,21H,6-8H2,1-5H3,(H,17,22)(H,18,19,20)/t10-,11+,12+/m0/s1. The second kappa shape index (κ2) is 6.86. The van der Waals surface area contributed by atoms with Crippen LogP contribution < -0.4 is 5.32 Å². The summed E-state index contributed by atoms with van der Waals surface area (Å²) in [6.45, 7) is 9.96. The molecule has 3 N–H and O–H groups in total. The van der Waals surface area contributed by atoms with Crippen molar-refractivity contribution in [1.29, 1.82) is 0 Å². The van der Waals surface area contributed by atoms with Crippen LogP contribution in [-0.2, 0) is 4.74 Å². The largest absolute Gasteiger partial charge is 0.444 e. The Morgan fingerprint density at radius 3 is 2.70 bits per heavy atom. The molecule has 0 saturated heterocycles. The van der Waals surface area contributed by atoms with Crippen molar-refractivity contribution in [3.8, 4) is 0 Å². The van der Waals surface area contributed by atoms with Crippen molar-refractivity contribution >= 4 is 6.09 Å². The third-order valence-corrected chi connectivity index (χ3v) is 3.99. The quantitative estimate of drug-likeness (QED) is 0.789. The first kappa shape index (κ1) is 17.7. The van der Waals surface area contributed by atoms with Crippen LogP contribution in [0.4, 0.5) is 4.79 Å². The Hall–Kier alpha value is -1.63. The van der Waals surface area contributed by atoms with Gasteiger partial charge in [0.25, 0.3) is 0 Å². The van der Waals surface area contributed by atoms with E-state index in [4.69, 9.17) is 4.74 Å². The van der Waals surface area contributed by atoms with Crippen molar-refractivity contribution in [3.63, 3.8) is 0 Å². The van der Waals surface area contributed by atoms with Crippen LogP contribution in [0.3, 0.4) is 0 Å². The van der Waals surface area contributed by atoms with E-state index in [1.165, 1.54) is 0 Å². The van der Waals surface area contributed by atoms with Gasteiger partial charge in [0.05, 0.1) is 6.10 Å². The number of ether oxygens (including phenoxy) is 1. The molecule has 23 heavy (non-hydrogen) atoms. The van der Waals surface area contributed by atoms with Crippen LogP contribution in [0.15, 0.2) is 0 Å². The average Bonchev–Trinajstić information content (AvgIpc) is 3.01. The van der Waals surface area contributed by atoms with Crippen molar-refractivity contribution in [1.82, 2.24) is 20.5 Å². The lowest BCUT2D eigenvalue weighted by atomic mass is 10.0. The summed E-state index contributed by atoms with van der Waals surface area (Å²) >= 11 is 0. The van der Waals surface area contributed by atoms with Gasteiger partial charge in [-0.05, 0) is 33.6 Å². The molecule has 7 nitrogen and oxygen atoms in total. The molecule has 0 spiro atoms. The Labute approximate surface area is 137 Å². The van der Waals surface area contributed by atoms with E-state index in [-0.39, 0.29) is 17.8 Å². The van der Waals surface area contributed by atoms with Gasteiger partial charge in [0.15, 0.2) is 5.82 Å². The Morgan fingerprint density at radius 1 is 1.43 bits per heavy atom. The number of nitrogens with zero attached hydrogens (tertiary/aromatic N) is 2. The summed E-state index contributed by atoms with van der Waals surface area (Å²) in [7, 11) is 0. The predicted molar refractivity (Wildman–Crippen MR) is 86.2 cm³/mol. The second-order valence-corrected chi connectivity index (χ2v) is 7.61. The molecule has 3 atom stereocenters. The molecule has 1 aromatic heterocycles. The number of nitrogens with one attached hydrogen (secondary N) is 2. The van der Waals surface area contributed by atoms with Crippen molar-refractivity contribution < 1.29 is 14.6 Å². The van der Waals surface area contributed by atoms with Crippen LogP contribution in [0, 0.1) is 5.92 Å². The molecule has 1 aromatic rings. The molecule has 0 bridgehead atoms. The first-order valence-electron chi connectivity index (χ1n) is 8.23. The van der Waals surface area contributed by atoms with Crippen molar-refractivity contribution in [2.45, 2.75) is 71.0 Å². The van der Waals surface area contributed by atoms with Crippen LogP contribution in [0.1, 0.15) is 70.9 Å². The number of aliphatic hydroxyl groups is 1. The number of amides is 1. The molecule has 1 fully saturated rings. The van der Waals surface area contributed by atoms with E-state index in [0.29, 0.717) is 13.0 Å². The molecule has 1 amide bonds. The first-order valence-corrected chi connectivity index (χ1v) is 8.23. The Morgan fingerprint density at radius 2 is 2.13 bits per heavy atom. The molecular formula is C16H28N4O3. The highest BCUT2D eigenvalue weighted by Crippen LogP contribution is 2.37. The molecule has 0 aromatic carbocycles. The van der Waals surface area contributed by atoms with E-state index in [2.05, 4.69) is 20.5 Å². The van der Waals surface area contributed by atoms with Gasteiger partial charge in [-0.1, -0.05) is 13.8 Å². The van der Waals surface area contributed by atoms with Gasteiger partial charge in [-0.3, -0.25) is 5.10 Å². The van der Waals surface area contributed by atoms with Gasteiger partial charge in [0.1, 0.15) is 11.4 Å². The molecule has 0 aliphatic heterocycles. The number of hydrogen-bond acceptors (Lipinski definition) is 5. The zero-order valence-electron chi connectivity index (χ0n) is 14.6.